The van der Waals surface area contributed by atoms with Gasteiger partial charge in [0.1, 0.15) is 6.04 Å². The van der Waals surface area contributed by atoms with E-state index in [1.54, 1.807) is 6.92 Å². The molecule has 0 aromatic carbocycles. The first-order chi connectivity index (χ1) is 5.86. The van der Waals surface area contributed by atoms with Crippen molar-refractivity contribution in [2.24, 2.45) is 5.92 Å². The van der Waals surface area contributed by atoms with Crippen LogP contribution in [0.15, 0.2) is 0 Å². The lowest BCUT2D eigenvalue weighted by atomic mass is 10.1. The van der Waals surface area contributed by atoms with Gasteiger partial charge in [0.25, 0.3) is 0 Å². The summed E-state index contributed by atoms with van der Waals surface area (Å²) in [6.45, 7) is 10.8. The molecule has 0 saturated heterocycles. The minimum atomic E-state index is -0.741. The Kier molecular flexibility index (Phi) is 4.99. The van der Waals surface area contributed by atoms with E-state index < -0.39 is 5.97 Å². The molecule has 3 nitrogen and oxygen atoms in total. The zero-order chi connectivity index (χ0) is 10.6. The molecule has 13 heavy (non-hydrogen) atoms. The van der Waals surface area contributed by atoms with Gasteiger partial charge in [0, 0.05) is 12.6 Å². The maximum absolute atomic E-state index is 10.8. The van der Waals surface area contributed by atoms with E-state index in [0.29, 0.717) is 5.92 Å². The van der Waals surface area contributed by atoms with Crippen molar-refractivity contribution >= 4 is 5.97 Å². The quantitative estimate of drug-likeness (QED) is 0.713. The van der Waals surface area contributed by atoms with Gasteiger partial charge in [-0.05, 0) is 26.7 Å². The van der Waals surface area contributed by atoms with Crippen LogP contribution < -0.4 is 0 Å². The largest absolute Gasteiger partial charge is 0.480 e. The van der Waals surface area contributed by atoms with Crippen molar-refractivity contribution in [2.45, 2.75) is 46.7 Å². The second-order valence-electron chi connectivity index (χ2n) is 4.20. The molecule has 0 fully saturated rings. The molecule has 78 valence electrons. The van der Waals surface area contributed by atoms with Gasteiger partial charge in [0.05, 0.1) is 0 Å². The number of carboxylic acids is 1. The third-order valence-electron chi connectivity index (χ3n) is 2.09. The summed E-state index contributed by atoms with van der Waals surface area (Å²) in [5.41, 5.74) is 0. The third kappa shape index (κ3) is 4.27. The third-order valence-corrected chi connectivity index (χ3v) is 2.09. The molecule has 1 unspecified atom stereocenters. The van der Waals surface area contributed by atoms with Crippen LogP contribution in [0, 0.1) is 5.92 Å². The molecule has 0 heterocycles. The first-order valence-corrected chi connectivity index (χ1v) is 4.84. The summed E-state index contributed by atoms with van der Waals surface area (Å²) in [5.74, 6) is -0.237. The Morgan fingerprint density at radius 1 is 1.23 bits per heavy atom. The number of nitrogens with zero attached hydrogens (tertiary/aromatic N) is 1. The van der Waals surface area contributed by atoms with Crippen molar-refractivity contribution in [1.82, 2.24) is 4.90 Å². The van der Waals surface area contributed by atoms with Crippen LogP contribution in [-0.4, -0.2) is 34.6 Å². The van der Waals surface area contributed by atoms with Crippen LogP contribution in [0.4, 0.5) is 0 Å². The number of hydrogen-bond donors (Lipinski definition) is 1. The van der Waals surface area contributed by atoms with Crippen molar-refractivity contribution < 1.29 is 9.90 Å². The molecule has 0 amide bonds. The lowest BCUT2D eigenvalue weighted by molar-refractivity contribution is -0.143. The zero-order valence-electron chi connectivity index (χ0n) is 9.24. The maximum atomic E-state index is 10.8. The van der Waals surface area contributed by atoms with E-state index in [9.17, 15) is 4.79 Å². The van der Waals surface area contributed by atoms with Gasteiger partial charge in [-0.1, -0.05) is 13.8 Å². The summed E-state index contributed by atoms with van der Waals surface area (Å²) >= 11 is 0. The number of carboxylic acid groups (broad SMARTS) is 1. The number of hydrogen-bond acceptors (Lipinski definition) is 2. The molecule has 0 aliphatic carbocycles. The Balaban J connectivity index is 4.32. The Hall–Kier alpha value is -0.570. The van der Waals surface area contributed by atoms with E-state index in [-0.39, 0.29) is 12.1 Å². The number of carbonyl (C=O) groups is 1. The van der Waals surface area contributed by atoms with Crippen molar-refractivity contribution in [1.29, 1.82) is 0 Å². The van der Waals surface area contributed by atoms with Crippen molar-refractivity contribution in [3.8, 4) is 0 Å². The Labute approximate surface area is 80.7 Å². The average molecular weight is 187 g/mol. The van der Waals surface area contributed by atoms with Gasteiger partial charge in [-0.25, -0.2) is 0 Å². The zero-order valence-corrected chi connectivity index (χ0v) is 9.24. The minimum absolute atomic E-state index is 0.286. The van der Waals surface area contributed by atoms with E-state index in [4.69, 9.17) is 5.11 Å². The molecule has 0 bridgehead atoms. The highest BCUT2D eigenvalue weighted by molar-refractivity contribution is 5.72. The van der Waals surface area contributed by atoms with Gasteiger partial charge < -0.3 is 5.11 Å². The predicted molar refractivity (Wildman–Crippen MR) is 53.8 cm³/mol. The van der Waals surface area contributed by atoms with E-state index >= 15 is 0 Å². The SMILES string of the molecule is CC(C)CN(C(C)C)C(C)C(=O)O. The van der Waals surface area contributed by atoms with Crippen LogP contribution in [0.5, 0.6) is 0 Å². The molecular weight excluding hydrogens is 166 g/mol. The molecule has 0 spiro atoms. The molecule has 0 aromatic rings. The van der Waals surface area contributed by atoms with Crippen LogP contribution in [0.2, 0.25) is 0 Å². The second kappa shape index (κ2) is 5.22. The lowest BCUT2D eigenvalue weighted by Gasteiger charge is -2.31. The van der Waals surface area contributed by atoms with E-state index in [0.717, 1.165) is 6.54 Å². The fraction of sp³-hybridized carbons (Fsp3) is 0.900. The molecule has 3 heteroatoms. The normalized spacial score (nSPS) is 14.2. The Morgan fingerprint density at radius 3 is 1.92 bits per heavy atom. The van der Waals surface area contributed by atoms with Crippen molar-refractivity contribution in [3.63, 3.8) is 0 Å². The van der Waals surface area contributed by atoms with Crippen molar-refractivity contribution in [3.05, 3.63) is 0 Å². The molecule has 0 saturated carbocycles. The second-order valence-corrected chi connectivity index (χ2v) is 4.20. The standard InChI is InChI=1S/C10H21NO2/c1-7(2)6-11(8(3)4)9(5)10(12)13/h7-9H,6H2,1-5H3,(H,12,13). The lowest BCUT2D eigenvalue weighted by Crippen LogP contribution is -2.45. The topological polar surface area (TPSA) is 40.5 Å². The van der Waals surface area contributed by atoms with Crippen LogP contribution >= 0.6 is 0 Å². The minimum Gasteiger partial charge on any atom is -0.480 e. The van der Waals surface area contributed by atoms with Gasteiger partial charge in [-0.15, -0.1) is 0 Å². The van der Waals surface area contributed by atoms with Gasteiger partial charge >= 0.3 is 5.97 Å². The van der Waals surface area contributed by atoms with Gasteiger partial charge in [-0.3, -0.25) is 9.69 Å². The molecule has 0 aliphatic heterocycles. The van der Waals surface area contributed by atoms with Gasteiger partial charge in [0.2, 0.25) is 0 Å². The van der Waals surface area contributed by atoms with Crippen LogP contribution in [0.25, 0.3) is 0 Å². The summed E-state index contributed by atoms with van der Waals surface area (Å²) in [6, 6.07) is -0.101. The van der Waals surface area contributed by atoms with Crippen molar-refractivity contribution in [2.75, 3.05) is 6.54 Å². The Morgan fingerprint density at radius 2 is 1.69 bits per heavy atom. The molecular formula is C10H21NO2. The highest BCUT2D eigenvalue weighted by Gasteiger charge is 2.23. The predicted octanol–water partition coefficient (Wildman–Crippen LogP) is 1.83. The fourth-order valence-corrected chi connectivity index (χ4v) is 1.38. The summed E-state index contributed by atoms with van der Waals surface area (Å²) in [6.07, 6.45) is 0. The maximum Gasteiger partial charge on any atom is 0.320 e. The first kappa shape index (κ1) is 12.4. The molecule has 0 aliphatic rings. The summed E-state index contributed by atoms with van der Waals surface area (Å²) in [4.78, 5) is 12.8. The number of rotatable bonds is 5. The van der Waals surface area contributed by atoms with Crippen LogP contribution in [0.3, 0.4) is 0 Å². The highest BCUT2D eigenvalue weighted by Crippen LogP contribution is 2.09. The Bertz CT molecular complexity index is 166. The summed E-state index contributed by atoms with van der Waals surface area (Å²) in [5, 5.41) is 8.87. The highest BCUT2D eigenvalue weighted by atomic mass is 16.4. The van der Waals surface area contributed by atoms with Crippen LogP contribution in [-0.2, 0) is 4.79 Å². The monoisotopic (exact) mass is 187 g/mol. The smallest absolute Gasteiger partial charge is 0.320 e. The van der Waals surface area contributed by atoms with Gasteiger partial charge in [0.15, 0.2) is 0 Å². The van der Waals surface area contributed by atoms with Gasteiger partial charge in [-0.2, -0.15) is 0 Å². The van der Waals surface area contributed by atoms with E-state index in [2.05, 4.69) is 13.8 Å². The first-order valence-electron chi connectivity index (χ1n) is 4.84. The van der Waals surface area contributed by atoms with E-state index in [1.165, 1.54) is 0 Å². The molecule has 0 radical (unpaired) electrons. The van der Waals surface area contributed by atoms with Crippen LogP contribution in [0.1, 0.15) is 34.6 Å². The summed E-state index contributed by atoms with van der Waals surface area (Å²) in [7, 11) is 0. The summed E-state index contributed by atoms with van der Waals surface area (Å²) < 4.78 is 0. The van der Waals surface area contributed by atoms with E-state index in [1.807, 2.05) is 18.7 Å². The molecule has 1 atom stereocenters. The fourth-order valence-electron chi connectivity index (χ4n) is 1.38. The molecule has 0 rings (SSSR count). The average Bonchev–Trinajstić information content (AvgIpc) is 1.97. The molecule has 1 N–H and O–H groups in total. The number of aliphatic carboxylic acids is 1. The molecule has 0 aromatic heterocycles.